The van der Waals surface area contributed by atoms with E-state index in [9.17, 15) is 4.79 Å². The van der Waals surface area contributed by atoms with Gasteiger partial charge in [-0.1, -0.05) is 48.0 Å². The smallest absolute Gasteiger partial charge is 0.231 e. The summed E-state index contributed by atoms with van der Waals surface area (Å²) in [5, 5.41) is 1.17. The predicted molar refractivity (Wildman–Crippen MR) is 121 cm³/mol. The molecule has 2 aliphatic heterocycles. The summed E-state index contributed by atoms with van der Waals surface area (Å²) in [5.41, 5.74) is 3.66. The van der Waals surface area contributed by atoms with E-state index in [0.717, 1.165) is 30.8 Å². The second kappa shape index (κ2) is 7.85. The number of piperidine rings is 1. The van der Waals surface area contributed by atoms with Crippen molar-refractivity contribution in [1.82, 2.24) is 9.47 Å². The van der Waals surface area contributed by atoms with Crippen LogP contribution in [0.25, 0.3) is 10.9 Å². The van der Waals surface area contributed by atoms with Gasteiger partial charge >= 0.3 is 0 Å². The Hall–Kier alpha value is -2.30. The van der Waals surface area contributed by atoms with Crippen LogP contribution in [0.4, 0.5) is 0 Å². The Morgan fingerprint density at radius 2 is 1.90 bits per heavy atom. The van der Waals surface area contributed by atoms with Crippen LogP contribution >= 0.6 is 11.8 Å². The number of thioether (sulfide) groups is 1. The number of allylic oxidation sites excluding steroid dienone is 1. The summed E-state index contributed by atoms with van der Waals surface area (Å²) in [6.45, 7) is 4.11. The van der Waals surface area contributed by atoms with Gasteiger partial charge < -0.3 is 0 Å². The Morgan fingerprint density at radius 3 is 2.72 bits per heavy atom. The standard InChI is InChI=1S/C25H26N2OS/c1-2-18-17-26(12-13-29-21-9-4-3-5-10-21)23-15-20(18)16-25(28)27-22-11-7-6-8-19(22)14-24(23)27/h2-11,14,20,23H,12-13,15-17H2,1H3/b18-2-. The normalized spacial score (nSPS) is 23.3. The molecule has 0 aliphatic carbocycles. The molecule has 2 aromatic carbocycles. The molecule has 2 atom stereocenters. The number of fused-ring (bicyclic) bond motifs is 6. The van der Waals surface area contributed by atoms with Gasteiger partial charge in [0, 0.05) is 41.2 Å². The van der Waals surface area contributed by atoms with E-state index in [1.54, 1.807) is 0 Å². The number of rotatable bonds is 4. The molecule has 0 amide bonds. The summed E-state index contributed by atoms with van der Waals surface area (Å²) < 4.78 is 2.01. The van der Waals surface area contributed by atoms with Crippen molar-refractivity contribution in [3.05, 3.63) is 78.0 Å². The van der Waals surface area contributed by atoms with Crippen molar-refractivity contribution >= 4 is 28.6 Å². The molecule has 3 aromatic rings. The highest BCUT2D eigenvalue weighted by Crippen LogP contribution is 2.43. The fourth-order valence-electron chi connectivity index (χ4n) is 4.93. The molecule has 2 aliphatic rings. The third-order valence-corrected chi connectivity index (χ3v) is 7.36. The summed E-state index contributed by atoms with van der Waals surface area (Å²) in [6.07, 6.45) is 3.90. The summed E-state index contributed by atoms with van der Waals surface area (Å²) in [7, 11) is 0. The first-order chi connectivity index (χ1) is 14.2. The summed E-state index contributed by atoms with van der Waals surface area (Å²) in [6, 6.07) is 21.5. The molecule has 0 saturated carbocycles. The zero-order valence-corrected chi connectivity index (χ0v) is 17.6. The largest absolute Gasteiger partial charge is 0.290 e. The monoisotopic (exact) mass is 402 g/mol. The average molecular weight is 403 g/mol. The van der Waals surface area contributed by atoms with Crippen molar-refractivity contribution in [1.29, 1.82) is 0 Å². The highest BCUT2D eigenvalue weighted by Gasteiger charge is 2.39. The number of likely N-dealkylation sites (tertiary alicyclic amines) is 1. The maximum atomic E-state index is 13.2. The fourth-order valence-corrected chi connectivity index (χ4v) is 5.84. The number of aromatic nitrogens is 1. The van der Waals surface area contributed by atoms with E-state index >= 15 is 0 Å². The van der Waals surface area contributed by atoms with E-state index < -0.39 is 0 Å². The number of para-hydroxylation sites is 1. The van der Waals surface area contributed by atoms with Crippen molar-refractivity contribution in [3.8, 4) is 0 Å². The van der Waals surface area contributed by atoms with Gasteiger partial charge in [0.15, 0.2) is 0 Å². The SMILES string of the molecule is C/C=C1/CN(CCSc2ccccc2)C2CC1CC(=O)n1c2cc2ccccc21. The van der Waals surface area contributed by atoms with Gasteiger partial charge in [0.1, 0.15) is 0 Å². The van der Waals surface area contributed by atoms with E-state index in [-0.39, 0.29) is 5.91 Å². The molecule has 1 aromatic heterocycles. The van der Waals surface area contributed by atoms with Gasteiger partial charge in [-0.15, -0.1) is 11.8 Å². The quantitative estimate of drug-likeness (QED) is 0.408. The third kappa shape index (κ3) is 3.45. The van der Waals surface area contributed by atoms with Crippen LogP contribution in [0.1, 0.15) is 36.3 Å². The Kier molecular flexibility index (Phi) is 5.06. The lowest BCUT2D eigenvalue weighted by atomic mass is 9.84. The molecule has 2 bridgehead atoms. The van der Waals surface area contributed by atoms with Crippen LogP contribution in [-0.4, -0.2) is 34.2 Å². The number of carbonyl (C=O) groups is 1. The summed E-state index contributed by atoms with van der Waals surface area (Å²) in [5.74, 6) is 1.67. The molecular formula is C25H26N2OS. The number of carbonyl (C=O) groups excluding carboxylic acids is 1. The third-order valence-electron chi connectivity index (χ3n) is 6.37. The zero-order valence-electron chi connectivity index (χ0n) is 16.8. The number of benzene rings is 2. The van der Waals surface area contributed by atoms with E-state index in [1.807, 2.05) is 22.4 Å². The lowest BCUT2D eigenvalue weighted by Crippen LogP contribution is -2.39. The maximum absolute atomic E-state index is 13.2. The minimum atomic E-state index is 0.244. The second-order valence-corrected chi connectivity index (χ2v) is 9.17. The van der Waals surface area contributed by atoms with Crippen molar-refractivity contribution in [2.45, 2.75) is 30.7 Å². The van der Waals surface area contributed by atoms with Crippen LogP contribution in [-0.2, 0) is 0 Å². The van der Waals surface area contributed by atoms with Crippen molar-refractivity contribution in [3.63, 3.8) is 0 Å². The van der Waals surface area contributed by atoms with Crippen LogP contribution < -0.4 is 0 Å². The molecule has 1 fully saturated rings. The fraction of sp³-hybridized carbons (Fsp3) is 0.320. The van der Waals surface area contributed by atoms with Gasteiger partial charge in [0.2, 0.25) is 5.91 Å². The van der Waals surface area contributed by atoms with Crippen molar-refractivity contribution < 1.29 is 4.79 Å². The van der Waals surface area contributed by atoms with Crippen LogP contribution in [0.2, 0.25) is 0 Å². The summed E-state index contributed by atoms with van der Waals surface area (Å²) >= 11 is 1.91. The zero-order chi connectivity index (χ0) is 19.8. The van der Waals surface area contributed by atoms with E-state index in [2.05, 4.69) is 72.5 Å². The molecule has 0 N–H and O–H groups in total. The Bertz CT molecular complexity index is 1070. The van der Waals surface area contributed by atoms with Crippen LogP contribution in [0.3, 0.4) is 0 Å². The topological polar surface area (TPSA) is 25.2 Å². The average Bonchev–Trinajstić information content (AvgIpc) is 3.09. The molecule has 3 heterocycles. The number of nitrogens with zero attached hydrogens (tertiary/aromatic N) is 2. The van der Waals surface area contributed by atoms with Crippen molar-refractivity contribution in [2.24, 2.45) is 5.92 Å². The Labute approximate surface area is 176 Å². The molecule has 3 nitrogen and oxygen atoms in total. The lowest BCUT2D eigenvalue weighted by molar-refractivity contribution is 0.0892. The molecule has 0 spiro atoms. The van der Waals surface area contributed by atoms with Crippen LogP contribution in [0, 0.1) is 5.92 Å². The molecular weight excluding hydrogens is 376 g/mol. The van der Waals surface area contributed by atoms with Gasteiger partial charge in [0.05, 0.1) is 11.6 Å². The molecule has 2 unspecified atom stereocenters. The Balaban J connectivity index is 1.47. The molecule has 1 saturated heterocycles. The van der Waals surface area contributed by atoms with Crippen molar-refractivity contribution in [2.75, 3.05) is 18.8 Å². The lowest BCUT2D eigenvalue weighted by Gasteiger charge is -2.39. The van der Waals surface area contributed by atoms with E-state index in [1.165, 1.54) is 21.5 Å². The molecule has 0 radical (unpaired) electrons. The van der Waals surface area contributed by atoms with E-state index in [4.69, 9.17) is 0 Å². The minimum Gasteiger partial charge on any atom is -0.290 e. The molecule has 148 valence electrons. The van der Waals surface area contributed by atoms with Gasteiger partial charge in [0.25, 0.3) is 0 Å². The predicted octanol–water partition coefficient (Wildman–Crippen LogP) is 5.79. The molecule has 29 heavy (non-hydrogen) atoms. The van der Waals surface area contributed by atoms with Gasteiger partial charge in [-0.05, 0) is 43.5 Å². The van der Waals surface area contributed by atoms with Gasteiger partial charge in [-0.2, -0.15) is 0 Å². The van der Waals surface area contributed by atoms with Gasteiger partial charge in [-0.25, -0.2) is 0 Å². The second-order valence-electron chi connectivity index (χ2n) is 8.01. The van der Waals surface area contributed by atoms with E-state index in [0.29, 0.717) is 18.4 Å². The maximum Gasteiger partial charge on any atom is 0.231 e. The summed E-state index contributed by atoms with van der Waals surface area (Å²) in [4.78, 5) is 17.1. The highest BCUT2D eigenvalue weighted by molar-refractivity contribution is 7.99. The first-order valence-corrected chi connectivity index (χ1v) is 11.4. The Morgan fingerprint density at radius 1 is 1.10 bits per heavy atom. The molecule has 5 rings (SSSR count). The minimum absolute atomic E-state index is 0.244. The first-order valence-electron chi connectivity index (χ1n) is 10.4. The van der Waals surface area contributed by atoms with Gasteiger partial charge in [-0.3, -0.25) is 14.3 Å². The number of hydrogen-bond donors (Lipinski definition) is 0. The van der Waals surface area contributed by atoms with Crippen LogP contribution in [0.5, 0.6) is 0 Å². The number of hydrogen-bond acceptors (Lipinski definition) is 3. The first kappa shape index (κ1) is 18.7. The van der Waals surface area contributed by atoms with Crippen LogP contribution in [0.15, 0.2) is 77.2 Å². The highest BCUT2D eigenvalue weighted by atomic mass is 32.2. The molecule has 4 heteroatoms.